The minimum Gasteiger partial charge on any atom is -0.348 e. The summed E-state index contributed by atoms with van der Waals surface area (Å²) < 4.78 is 0. The highest BCUT2D eigenvalue weighted by Gasteiger charge is 2.00. The number of aromatic amines is 1. The van der Waals surface area contributed by atoms with Crippen LogP contribution in [0, 0.1) is 0 Å². The molecule has 0 spiro atoms. The quantitative estimate of drug-likeness (QED) is 0.705. The standard InChI is InChI=1S/C10H19N3/c1-3-4-5-9(2)13-8-10-11-6-7-12-10/h6-7,9,13H,3-5,8H2,1-2H3,(H,11,12). The van der Waals surface area contributed by atoms with Gasteiger partial charge in [-0.15, -0.1) is 0 Å². The molecule has 1 aromatic heterocycles. The van der Waals surface area contributed by atoms with Gasteiger partial charge in [0.25, 0.3) is 0 Å². The van der Waals surface area contributed by atoms with E-state index < -0.39 is 0 Å². The Hall–Kier alpha value is -0.830. The Kier molecular flexibility index (Phi) is 4.54. The van der Waals surface area contributed by atoms with Crippen molar-refractivity contribution in [3.05, 3.63) is 18.2 Å². The van der Waals surface area contributed by atoms with Crippen LogP contribution < -0.4 is 5.32 Å². The molecule has 1 rings (SSSR count). The number of aromatic nitrogens is 2. The molecule has 1 unspecified atom stereocenters. The van der Waals surface area contributed by atoms with Crippen molar-refractivity contribution in [2.24, 2.45) is 0 Å². The fourth-order valence-electron chi connectivity index (χ4n) is 1.28. The number of nitrogens with one attached hydrogen (secondary N) is 2. The second kappa shape index (κ2) is 5.75. The average molecular weight is 181 g/mol. The second-order valence-electron chi connectivity index (χ2n) is 3.46. The number of nitrogens with zero attached hydrogens (tertiary/aromatic N) is 1. The van der Waals surface area contributed by atoms with Crippen molar-refractivity contribution in [3.63, 3.8) is 0 Å². The second-order valence-corrected chi connectivity index (χ2v) is 3.46. The maximum absolute atomic E-state index is 4.15. The molecule has 0 aliphatic rings. The largest absolute Gasteiger partial charge is 0.348 e. The van der Waals surface area contributed by atoms with E-state index in [0.29, 0.717) is 6.04 Å². The van der Waals surface area contributed by atoms with Crippen molar-refractivity contribution < 1.29 is 0 Å². The van der Waals surface area contributed by atoms with Gasteiger partial charge in [-0.2, -0.15) is 0 Å². The molecule has 13 heavy (non-hydrogen) atoms. The molecular formula is C10H19N3. The van der Waals surface area contributed by atoms with Crippen LogP contribution in [0.1, 0.15) is 38.9 Å². The van der Waals surface area contributed by atoms with Crippen molar-refractivity contribution in [2.75, 3.05) is 0 Å². The predicted molar refractivity (Wildman–Crippen MR) is 54.4 cm³/mol. The van der Waals surface area contributed by atoms with Gasteiger partial charge in [0, 0.05) is 18.4 Å². The highest BCUT2D eigenvalue weighted by Crippen LogP contribution is 2.00. The normalized spacial score (nSPS) is 13.1. The van der Waals surface area contributed by atoms with Gasteiger partial charge in [-0.1, -0.05) is 19.8 Å². The number of imidazole rings is 1. The van der Waals surface area contributed by atoms with Crippen molar-refractivity contribution >= 4 is 0 Å². The third-order valence-electron chi connectivity index (χ3n) is 2.16. The summed E-state index contributed by atoms with van der Waals surface area (Å²) in [5, 5.41) is 3.43. The summed E-state index contributed by atoms with van der Waals surface area (Å²) in [5.74, 6) is 1.02. The fourth-order valence-corrected chi connectivity index (χ4v) is 1.28. The smallest absolute Gasteiger partial charge is 0.120 e. The highest BCUT2D eigenvalue weighted by atomic mass is 15.0. The molecule has 0 saturated heterocycles. The zero-order valence-corrected chi connectivity index (χ0v) is 8.51. The van der Waals surface area contributed by atoms with Gasteiger partial charge in [-0.05, 0) is 13.3 Å². The Labute approximate surface area is 80.0 Å². The van der Waals surface area contributed by atoms with E-state index in [1.54, 1.807) is 6.20 Å². The number of hydrogen-bond donors (Lipinski definition) is 2. The van der Waals surface area contributed by atoms with Crippen molar-refractivity contribution in [1.82, 2.24) is 15.3 Å². The molecule has 0 bridgehead atoms. The zero-order chi connectivity index (χ0) is 9.52. The Bertz CT molecular complexity index is 206. The van der Waals surface area contributed by atoms with Crippen molar-refractivity contribution in [2.45, 2.75) is 45.7 Å². The number of rotatable bonds is 6. The molecule has 0 saturated carbocycles. The maximum Gasteiger partial charge on any atom is 0.120 e. The summed E-state index contributed by atoms with van der Waals surface area (Å²) in [6.45, 7) is 5.29. The zero-order valence-electron chi connectivity index (χ0n) is 8.51. The maximum atomic E-state index is 4.15. The molecule has 3 nitrogen and oxygen atoms in total. The first kappa shape index (κ1) is 10.3. The predicted octanol–water partition coefficient (Wildman–Crippen LogP) is 2.08. The molecule has 0 aliphatic carbocycles. The first-order valence-corrected chi connectivity index (χ1v) is 5.04. The molecule has 0 radical (unpaired) electrons. The van der Waals surface area contributed by atoms with E-state index in [-0.39, 0.29) is 0 Å². The first-order chi connectivity index (χ1) is 6.33. The van der Waals surface area contributed by atoms with Crippen LogP contribution >= 0.6 is 0 Å². The molecule has 1 atom stereocenters. The highest BCUT2D eigenvalue weighted by molar-refractivity contribution is 4.86. The van der Waals surface area contributed by atoms with E-state index in [4.69, 9.17) is 0 Å². The first-order valence-electron chi connectivity index (χ1n) is 5.04. The number of hydrogen-bond acceptors (Lipinski definition) is 2. The third-order valence-corrected chi connectivity index (χ3v) is 2.16. The van der Waals surface area contributed by atoms with Gasteiger partial charge in [0.1, 0.15) is 5.82 Å². The molecule has 0 amide bonds. The van der Waals surface area contributed by atoms with E-state index in [1.807, 2.05) is 6.20 Å². The van der Waals surface area contributed by atoms with Crippen molar-refractivity contribution in [1.29, 1.82) is 0 Å². The monoisotopic (exact) mass is 181 g/mol. The fraction of sp³-hybridized carbons (Fsp3) is 0.700. The van der Waals surface area contributed by atoms with Crippen LogP contribution in [0.3, 0.4) is 0 Å². The Morgan fingerprint density at radius 1 is 1.62 bits per heavy atom. The molecular weight excluding hydrogens is 162 g/mol. The molecule has 0 fully saturated rings. The lowest BCUT2D eigenvalue weighted by Gasteiger charge is -2.11. The van der Waals surface area contributed by atoms with E-state index in [2.05, 4.69) is 29.1 Å². The average Bonchev–Trinajstić information content (AvgIpc) is 2.64. The van der Waals surface area contributed by atoms with Crippen LogP contribution in [0.25, 0.3) is 0 Å². The molecule has 0 aromatic carbocycles. The van der Waals surface area contributed by atoms with Crippen LogP contribution in [0.15, 0.2) is 12.4 Å². The number of unbranched alkanes of at least 4 members (excludes halogenated alkanes) is 1. The molecule has 0 aliphatic heterocycles. The summed E-state index contributed by atoms with van der Waals surface area (Å²) >= 11 is 0. The van der Waals surface area contributed by atoms with Crippen LogP contribution in [-0.2, 0) is 6.54 Å². The minimum atomic E-state index is 0.588. The summed E-state index contributed by atoms with van der Waals surface area (Å²) in [4.78, 5) is 7.23. The summed E-state index contributed by atoms with van der Waals surface area (Å²) in [6, 6.07) is 0.588. The van der Waals surface area contributed by atoms with Gasteiger partial charge in [0.05, 0.1) is 6.54 Å². The van der Waals surface area contributed by atoms with Gasteiger partial charge >= 0.3 is 0 Å². The molecule has 74 valence electrons. The Morgan fingerprint density at radius 2 is 2.46 bits per heavy atom. The van der Waals surface area contributed by atoms with E-state index >= 15 is 0 Å². The lowest BCUT2D eigenvalue weighted by Crippen LogP contribution is -2.25. The van der Waals surface area contributed by atoms with Crippen LogP contribution in [-0.4, -0.2) is 16.0 Å². The van der Waals surface area contributed by atoms with Crippen molar-refractivity contribution in [3.8, 4) is 0 Å². The van der Waals surface area contributed by atoms with Crippen LogP contribution in [0.2, 0.25) is 0 Å². The number of H-pyrrole nitrogens is 1. The molecule has 3 heteroatoms. The van der Waals surface area contributed by atoms with Crippen LogP contribution in [0.4, 0.5) is 0 Å². The molecule has 1 aromatic rings. The van der Waals surface area contributed by atoms with Gasteiger partial charge in [0.15, 0.2) is 0 Å². The Morgan fingerprint density at radius 3 is 3.08 bits per heavy atom. The lowest BCUT2D eigenvalue weighted by atomic mass is 10.1. The summed E-state index contributed by atoms with van der Waals surface area (Å²) in [6.07, 6.45) is 7.46. The van der Waals surface area contributed by atoms with Gasteiger partial charge in [-0.3, -0.25) is 0 Å². The lowest BCUT2D eigenvalue weighted by molar-refractivity contribution is 0.488. The van der Waals surface area contributed by atoms with E-state index in [9.17, 15) is 0 Å². The van der Waals surface area contributed by atoms with Gasteiger partial charge in [-0.25, -0.2) is 4.98 Å². The molecule has 1 heterocycles. The Balaban J connectivity index is 2.11. The van der Waals surface area contributed by atoms with Gasteiger partial charge < -0.3 is 10.3 Å². The molecule has 2 N–H and O–H groups in total. The third kappa shape index (κ3) is 4.08. The van der Waals surface area contributed by atoms with E-state index in [0.717, 1.165) is 12.4 Å². The topological polar surface area (TPSA) is 40.7 Å². The summed E-state index contributed by atoms with van der Waals surface area (Å²) in [7, 11) is 0. The minimum absolute atomic E-state index is 0.588. The SMILES string of the molecule is CCCCC(C)NCc1ncc[nH]1. The van der Waals surface area contributed by atoms with E-state index in [1.165, 1.54) is 19.3 Å². The summed E-state index contributed by atoms with van der Waals surface area (Å²) in [5.41, 5.74) is 0. The van der Waals surface area contributed by atoms with Gasteiger partial charge in [0.2, 0.25) is 0 Å². The van der Waals surface area contributed by atoms with Crippen LogP contribution in [0.5, 0.6) is 0 Å².